The van der Waals surface area contributed by atoms with Crippen molar-refractivity contribution in [3.8, 4) is 11.3 Å². The van der Waals surface area contributed by atoms with E-state index in [9.17, 15) is 9.59 Å². The number of aromatic amines is 1. The van der Waals surface area contributed by atoms with E-state index in [-0.39, 0.29) is 17.9 Å². The van der Waals surface area contributed by atoms with Gasteiger partial charge in [0.1, 0.15) is 11.9 Å². The molecule has 8 heteroatoms. The zero-order chi connectivity index (χ0) is 22.8. The Bertz CT molecular complexity index is 1140. The lowest BCUT2D eigenvalue weighted by Crippen LogP contribution is -2.51. The maximum absolute atomic E-state index is 13.3. The number of methoxy groups -OCH3 is 1. The Hall–Kier alpha value is -2.87. The number of hydrogen-bond acceptors (Lipinski definition) is 4. The highest BCUT2D eigenvalue weighted by Crippen LogP contribution is 2.33. The molecule has 2 atom stereocenters. The number of likely N-dealkylation sites (tertiary alicyclic amines) is 1. The van der Waals surface area contributed by atoms with E-state index >= 15 is 0 Å². The highest BCUT2D eigenvalue weighted by molar-refractivity contribution is 9.10. The molecule has 4 rings (SSSR count). The van der Waals surface area contributed by atoms with Gasteiger partial charge in [-0.1, -0.05) is 48.0 Å². The molecule has 32 heavy (non-hydrogen) atoms. The first-order valence-electron chi connectivity index (χ1n) is 10.8. The predicted molar refractivity (Wildman–Crippen MR) is 127 cm³/mol. The molecular formula is C24H27BrN4O3. The minimum atomic E-state index is -0.642. The summed E-state index contributed by atoms with van der Waals surface area (Å²) >= 11 is 3.53. The molecular weight excluding hydrogens is 472 g/mol. The summed E-state index contributed by atoms with van der Waals surface area (Å²) in [5.41, 5.74) is 1.95. The number of nitrogens with zero attached hydrogens (tertiary/aromatic N) is 2. The van der Waals surface area contributed by atoms with Crippen molar-refractivity contribution >= 4 is 38.7 Å². The van der Waals surface area contributed by atoms with Crippen LogP contribution in [0.25, 0.3) is 22.0 Å². The van der Waals surface area contributed by atoms with Gasteiger partial charge in [0.05, 0.1) is 25.0 Å². The van der Waals surface area contributed by atoms with Crippen molar-refractivity contribution < 1.29 is 14.3 Å². The van der Waals surface area contributed by atoms with Crippen LogP contribution in [0.3, 0.4) is 0 Å². The molecule has 2 N–H and O–H groups in total. The van der Waals surface area contributed by atoms with Crippen LogP contribution in [0.1, 0.15) is 38.6 Å². The molecule has 168 valence electrons. The van der Waals surface area contributed by atoms with Gasteiger partial charge in [0.25, 0.3) is 0 Å². The van der Waals surface area contributed by atoms with Gasteiger partial charge in [0, 0.05) is 16.6 Å². The number of aromatic nitrogens is 2. The first-order valence-corrected chi connectivity index (χ1v) is 11.6. The number of ether oxygens (including phenoxy) is 1. The normalized spacial score (nSPS) is 17.0. The summed E-state index contributed by atoms with van der Waals surface area (Å²) in [5.74, 6) is 0.592. The van der Waals surface area contributed by atoms with Crippen LogP contribution in [0, 0.1) is 5.92 Å². The number of carbonyl (C=O) groups is 2. The lowest BCUT2D eigenvalue weighted by molar-refractivity contribution is -0.135. The van der Waals surface area contributed by atoms with E-state index < -0.39 is 12.1 Å². The molecule has 0 aliphatic carbocycles. The van der Waals surface area contributed by atoms with Gasteiger partial charge < -0.3 is 19.9 Å². The van der Waals surface area contributed by atoms with Gasteiger partial charge in [-0.2, -0.15) is 0 Å². The van der Waals surface area contributed by atoms with E-state index in [4.69, 9.17) is 4.74 Å². The Labute approximate surface area is 195 Å². The summed E-state index contributed by atoms with van der Waals surface area (Å²) in [6.07, 6.45) is 2.93. The van der Waals surface area contributed by atoms with Gasteiger partial charge in [-0.15, -0.1) is 0 Å². The average Bonchev–Trinajstić information content (AvgIpc) is 3.45. The lowest BCUT2D eigenvalue weighted by atomic mass is 10.0. The number of imidazole rings is 1. The quantitative estimate of drug-likeness (QED) is 0.515. The average molecular weight is 499 g/mol. The first kappa shape index (κ1) is 22.3. The number of nitrogens with one attached hydrogen (secondary N) is 2. The second-order valence-corrected chi connectivity index (χ2v) is 9.35. The van der Waals surface area contributed by atoms with Crippen LogP contribution in [-0.2, 0) is 9.53 Å². The molecule has 1 fully saturated rings. The van der Waals surface area contributed by atoms with E-state index in [1.54, 1.807) is 0 Å². The number of amides is 2. The third-order valence-electron chi connectivity index (χ3n) is 5.95. The minimum Gasteiger partial charge on any atom is -0.453 e. The Kier molecular flexibility index (Phi) is 6.50. The highest BCUT2D eigenvalue weighted by atomic mass is 79.9. The number of hydrogen-bond donors (Lipinski definition) is 2. The predicted octanol–water partition coefficient (Wildman–Crippen LogP) is 5.04. The number of fused-ring (bicyclic) bond motifs is 1. The molecule has 2 amide bonds. The summed E-state index contributed by atoms with van der Waals surface area (Å²) in [6, 6.07) is 11.7. The molecule has 1 aliphatic heterocycles. The third kappa shape index (κ3) is 4.50. The maximum Gasteiger partial charge on any atom is 0.407 e. The topological polar surface area (TPSA) is 87.3 Å². The highest BCUT2D eigenvalue weighted by Gasteiger charge is 2.37. The summed E-state index contributed by atoms with van der Waals surface area (Å²) in [4.78, 5) is 34.9. The smallest absolute Gasteiger partial charge is 0.407 e. The molecule has 2 heterocycles. The van der Waals surface area contributed by atoms with Crippen molar-refractivity contribution in [3.05, 3.63) is 52.9 Å². The van der Waals surface area contributed by atoms with Gasteiger partial charge in [-0.3, -0.25) is 4.79 Å². The van der Waals surface area contributed by atoms with Crippen LogP contribution >= 0.6 is 15.9 Å². The molecule has 3 aromatic rings. The fourth-order valence-corrected chi connectivity index (χ4v) is 4.61. The number of rotatable bonds is 5. The number of H-pyrrole nitrogens is 1. The number of carbonyl (C=O) groups excluding carboxylic acids is 2. The van der Waals surface area contributed by atoms with Crippen molar-refractivity contribution in [1.82, 2.24) is 20.2 Å². The van der Waals surface area contributed by atoms with Crippen molar-refractivity contribution in [2.24, 2.45) is 5.92 Å². The number of halogens is 1. The van der Waals surface area contributed by atoms with Crippen LogP contribution in [-0.4, -0.2) is 46.6 Å². The summed E-state index contributed by atoms with van der Waals surface area (Å²) < 4.78 is 5.74. The van der Waals surface area contributed by atoms with E-state index in [0.717, 1.165) is 39.8 Å². The Morgan fingerprint density at radius 3 is 2.75 bits per heavy atom. The third-order valence-corrected chi connectivity index (χ3v) is 6.44. The van der Waals surface area contributed by atoms with Gasteiger partial charge in [-0.25, -0.2) is 9.78 Å². The van der Waals surface area contributed by atoms with Crippen LogP contribution in [0.2, 0.25) is 0 Å². The summed E-state index contributed by atoms with van der Waals surface area (Å²) in [5, 5.41) is 4.99. The van der Waals surface area contributed by atoms with Crippen molar-refractivity contribution in [1.29, 1.82) is 0 Å². The fraction of sp³-hybridized carbons (Fsp3) is 0.375. The lowest BCUT2D eigenvalue weighted by Gasteiger charge is -2.30. The molecule has 0 spiro atoms. The maximum atomic E-state index is 13.3. The number of benzene rings is 2. The van der Waals surface area contributed by atoms with E-state index in [1.165, 1.54) is 12.5 Å². The van der Waals surface area contributed by atoms with Crippen LogP contribution in [0.4, 0.5) is 4.79 Å². The van der Waals surface area contributed by atoms with Crippen molar-refractivity contribution in [2.45, 2.75) is 38.8 Å². The standard InChI is InChI=1S/C24H27BrN4O3/c1-14(2)21(28-24(31)32-3)23(30)29-10-4-5-20(29)22-26-13-19(27-22)16-7-6-15-8-9-18(25)12-17(15)11-16/h6-9,11-14,20-21H,4-5,10H2,1-3H3,(H,26,27)(H,28,31)/t20?,21-/m0/s1. The summed E-state index contributed by atoms with van der Waals surface area (Å²) in [6.45, 7) is 4.45. The first-order chi connectivity index (χ1) is 15.4. The van der Waals surface area contributed by atoms with E-state index in [2.05, 4.69) is 61.5 Å². The zero-order valence-corrected chi connectivity index (χ0v) is 20.0. The van der Waals surface area contributed by atoms with Gasteiger partial charge in [-0.05, 0) is 47.7 Å². The monoisotopic (exact) mass is 498 g/mol. The van der Waals surface area contributed by atoms with E-state index in [1.807, 2.05) is 31.0 Å². The second kappa shape index (κ2) is 9.32. The zero-order valence-electron chi connectivity index (χ0n) is 18.4. The van der Waals surface area contributed by atoms with Crippen LogP contribution in [0.15, 0.2) is 47.1 Å². The molecule has 2 aromatic carbocycles. The van der Waals surface area contributed by atoms with Crippen LogP contribution in [0.5, 0.6) is 0 Å². The Morgan fingerprint density at radius 2 is 2.00 bits per heavy atom. The van der Waals surface area contributed by atoms with Crippen molar-refractivity contribution in [2.75, 3.05) is 13.7 Å². The van der Waals surface area contributed by atoms with Gasteiger partial charge in [0.15, 0.2) is 0 Å². The number of alkyl carbamates (subject to hydrolysis) is 1. The molecule has 0 radical (unpaired) electrons. The second-order valence-electron chi connectivity index (χ2n) is 8.44. The summed E-state index contributed by atoms with van der Waals surface area (Å²) in [7, 11) is 1.30. The van der Waals surface area contributed by atoms with Gasteiger partial charge in [0.2, 0.25) is 5.91 Å². The SMILES string of the molecule is COC(=O)N[C@H](C(=O)N1CCCC1c1ncc(-c2ccc3ccc(Br)cc3c2)[nH]1)C(C)C. The largest absolute Gasteiger partial charge is 0.453 e. The molecule has 1 unspecified atom stereocenters. The van der Waals surface area contributed by atoms with Gasteiger partial charge >= 0.3 is 6.09 Å². The Balaban J connectivity index is 1.57. The fourth-order valence-electron chi connectivity index (χ4n) is 4.23. The molecule has 1 aliphatic rings. The molecule has 1 aromatic heterocycles. The van der Waals surface area contributed by atoms with Crippen molar-refractivity contribution in [3.63, 3.8) is 0 Å². The van der Waals surface area contributed by atoms with Crippen LogP contribution < -0.4 is 5.32 Å². The Morgan fingerprint density at radius 1 is 1.22 bits per heavy atom. The molecule has 0 bridgehead atoms. The molecule has 7 nitrogen and oxygen atoms in total. The minimum absolute atomic E-state index is 0.0630. The van der Waals surface area contributed by atoms with E-state index in [0.29, 0.717) is 6.54 Å². The molecule has 0 saturated carbocycles. The molecule has 1 saturated heterocycles.